The van der Waals surface area contributed by atoms with E-state index in [1.54, 1.807) is 0 Å². The Bertz CT molecular complexity index is 2900. The lowest BCUT2D eigenvalue weighted by atomic mass is 9.94. The molecule has 244 valence electrons. The fraction of sp³-hybridized carbons (Fsp3) is 0.0408. The molecule has 3 heteroatoms. The van der Waals surface area contributed by atoms with Crippen molar-refractivity contribution in [1.29, 1.82) is 0 Å². The van der Waals surface area contributed by atoms with Crippen LogP contribution in [0.1, 0.15) is 18.2 Å². The number of rotatable bonds is 5. The van der Waals surface area contributed by atoms with Crippen molar-refractivity contribution in [2.45, 2.75) is 12.3 Å². The second kappa shape index (κ2) is 12.6. The summed E-state index contributed by atoms with van der Waals surface area (Å²) in [6.07, 6.45) is 9.43. The largest absolute Gasteiger partial charge is 0.212 e. The van der Waals surface area contributed by atoms with Crippen LogP contribution in [0.2, 0.25) is 0 Å². The molecular weight excluding hydrogens is 631 g/mol. The van der Waals surface area contributed by atoms with Gasteiger partial charge in [-0.15, -0.1) is 0 Å². The summed E-state index contributed by atoms with van der Waals surface area (Å²) in [5.74, 6) is 2.23. The maximum Gasteiger partial charge on any atom is 0.164 e. The van der Waals surface area contributed by atoms with Crippen molar-refractivity contribution in [2.24, 2.45) is 0 Å². The molecular formula is C49H33N3. The molecule has 0 spiro atoms. The van der Waals surface area contributed by atoms with E-state index >= 15 is 0 Å². The van der Waals surface area contributed by atoms with E-state index < -0.39 is 0 Å². The van der Waals surface area contributed by atoms with Crippen molar-refractivity contribution in [1.82, 2.24) is 15.0 Å². The van der Waals surface area contributed by atoms with E-state index in [0.29, 0.717) is 11.6 Å². The lowest BCUT2D eigenvalue weighted by Gasteiger charge is -2.17. The Morgan fingerprint density at radius 2 is 0.942 bits per heavy atom. The van der Waals surface area contributed by atoms with Gasteiger partial charge in [-0.05, 0) is 96.0 Å². The van der Waals surface area contributed by atoms with Crippen LogP contribution in [0, 0.1) is 0 Å². The maximum absolute atomic E-state index is 5.28. The molecule has 0 radical (unpaired) electrons. The van der Waals surface area contributed by atoms with Gasteiger partial charge in [0.05, 0.1) is 0 Å². The average Bonchev–Trinajstić information content (AvgIpc) is 3.23. The fourth-order valence-corrected chi connectivity index (χ4v) is 7.70. The third-order valence-corrected chi connectivity index (χ3v) is 10.4. The van der Waals surface area contributed by atoms with Crippen molar-refractivity contribution in [3.8, 4) is 45.0 Å². The van der Waals surface area contributed by atoms with E-state index in [9.17, 15) is 0 Å². The molecule has 52 heavy (non-hydrogen) atoms. The number of fused-ring (bicyclic) bond motifs is 5. The SMILES string of the molecule is C1=CCC(c2nc(-c3ccccc3-c3ccc4cc(-c5ccc6ccccc6c5)ccc4c3)nc(-c3cc4ccccc4c4ccccc34)n2)C=C1. The van der Waals surface area contributed by atoms with Gasteiger partial charge in [0, 0.05) is 17.0 Å². The minimum Gasteiger partial charge on any atom is -0.212 e. The van der Waals surface area contributed by atoms with E-state index in [-0.39, 0.29) is 5.92 Å². The monoisotopic (exact) mass is 663 g/mol. The zero-order valence-corrected chi connectivity index (χ0v) is 28.4. The smallest absolute Gasteiger partial charge is 0.164 e. The van der Waals surface area contributed by atoms with E-state index in [1.807, 2.05) is 0 Å². The van der Waals surface area contributed by atoms with Crippen LogP contribution in [0.3, 0.4) is 0 Å². The normalized spacial score (nSPS) is 14.1. The highest BCUT2D eigenvalue weighted by Gasteiger charge is 2.20. The molecule has 1 aromatic heterocycles. The van der Waals surface area contributed by atoms with E-state index in [1.165, 1.54) is 48.8 Å². The molecule has 0 N–H and O–H groups in total. The molecule has 0 saturated carbocycles. The number of aromatic nitrogens is 3. The molecule has 8 aromatic carbocycles. The second-order valence-electron chi connectivity index (χ2n) is 13.6. The van der Waals surface area contributed by atoms with E-state index in [0.717, 1.165) is 39.9 Å². The highest BCUT2D eigenvalue weighted by molar-refractivity contribution is 6.13. The maximum atomic E-state index is 5.28. The fourth-order valence-electron chi connectivity index (χ4n) is 7.70. The summed E-state index contributed by atoms with van der Waals surface area (Å²) in [7, 11) is 0. The summed E-state index contributed by atoms with van der Waals surface area (Å²) in [5, 5.41) is 9.62. The van der Waals surface area contributed by atoms with Crippen LogP contribution in [0.15, 0.2) is 182 Å². The van der Waals surface area contributed by atoms with Crippen molar-refractivity contribution < 1.29 is 0 Å². The molecule has 1 aliphatic rings. The first kappa shape index (κ1) is 30.1. The minimum atomic E-state index is 0.0712. The Balaban J connectivity index is 1.10. The standard InChI is InChI=1S/C49H33N3/c1-2-13-33(14-3-1)47-50-48(52-49(51-47)46-31-39-16-6-7-17-41(39)43-19-9-10-20-44(43)46)45-21-11-8-18-42(45)40-27-26-37-29-36(24-25-38(37)30-40)35-23-22-32-12-4-5-15-34(32)28-35/h1-13,15-31,33H,14H2. The van der Waals surface area contributed by atoms with Gasteiger partial charge in [-0.3, -0.25) is 0 Å². The number of nitrogens with zero attached hydrogens (tertiary/aromatic N) is 3. The molecule has 0 amide bonds. The van der Waals surface area contributed by atoms with Crippen LogP contribution in [0.4, 0.5) is 0 Å². The Kier molecular flexibility index (Phi) is 7.28. The molecule has 10 rings (SSSR count). The van der Waals surface area contributed by atoms with Crippen molar-refractivity contribution in [2.75, 3.05) is 0 Å². The topological polar surface area (TPSA) is 38.7 Å². The van der Waals surface area contributed by atoms with Gasteiger partial charge in [0.2, 0.25) is 0 Å². The molecule has 0 saturated heterocycles. The lowest BCUT2D eigenvalue weighted by molar-refractivity contribution is 0.764. The van der Waals surface area contributed by atoms with Gasteiger partial charge in [0.15, 0.2) is 11.6 Å². The number of hydrogen-bond acceptors (Lipinski definition) is 3. The molecule has 0 bridgehead atoms. The van der Waals surface area contributed by atoms with Crippen LogP contribution >= 0.6 is 0 Å². The Hall–Kier alpha value is -6.71. The Labute approximate surface area is 302 Å². The summed E-state index contributed by atoms with van der Waals surface area (Å²) < 4.78 is 0. The molecule has 1 aliphatic carbocycles. The van der Waals surface area contributed by atoms with Gasteiger partial charge < -0.3 is 0 Å². The summed E-state index contributed by atoms with van der Waals surface area (Å²) >= 11 is 0. The van der Waals surface area contributed by atoms with Gasteiger partial charge in [-0.1, -0.05) is 158 Å². The van der Waals surface area contributed by atoms with Gasteiger partial charge in [-0.25, -0.2) is 15.0 Å². The molecule has 9 aromatic rings. The van der Waals surface area contributed by atoms with Gasteiger partial charge in [-0.2, -0.15) is 0 Å². The van der Waals surface area contributed by atoms with Crippen LogP contribution in [-0.4, -0.2) is 15.0 Å². The third kappa shape index (κ3) is 5.35. The highest BCUT2D eigenvalue weighted by atomic mass is 15.0. The highest BCUT2D eigenvalue weighted by Crippen LogP contribution is 2.38. The molecule has 1 atom stereocenters. The van der Waals surface area contributed by atoms with Crippen LogP contribution in [0.5, 0.6) is 0 Å². The van der Waals surface area contributed by atoms with E-state index in [2.05, 4.69) is 182 Å². The Morgan fingerprint density at radius 3 is 1.69 bits per heavy atom. The zero-order valence-electron chi connectivity index (χ0n) is 28.4. The summed E-state index contributed by atoms with van der Waals surface area (Å²) in [5.41, 5.74) is 6.65. The Morgan fingerprint density at radius 1 is 0.385 bits per heavy atom. The van der Waals surface area contributed by atoms with Gasteiger partial charge >= 0.3 is 0 Å². The number of hydrogen-bond donors (Lipinski definition) is 0. The first-order valence-electron chi connectivity index (χ1n) is 17.9. The second-order valence-corrected chi connectivity index (χ2v) is 13.6. The number of benzene rings is 8. The number of allylic oxidation sites excluding steroid dienone is 4. The van der Waals surface area contributed by atoms with Crippen molar-refractivity contribution in [3.05, 3.63) is 188 Å². The predicted octanol–water partition coefficient (Wildman–Crippen LogP) is 12.8. The first-order valence-corrected chi connectivity index (χ1v) is 17.9. The summed E-state index contributed by atoms with van der Waals surface area (Å²) in [6, 6.07) is 56.6. The van der Waals surface area contributed by atoms with Gasteiger partial charge in [0.25, 0.3) is 0 Å². The average molecular weight is 664 g/mol. The minimum absolute atomic E-state index is 0.0712. The molecule has 0 fully saturated rings. The summed E-state index contributed by atoms with van der Waals surface area (Å²) in [4.78, 5) is 15.7. The molecule has 1 heterocycles. The van der Waals surface area contributed by atoms with E-state index in [4.69, 9.17) is 15.0 Å². The first-order chi connectivity index (χ1) is 25.7. The van der Waals surface area contributed by atoms with Crippen molar-refractivity contribution in [3.63, 3.8) is 0 Å². The van der Waals surface area contributed by atoms with Crippen LogP contribution in [-0.2, 0) is 0 Å². The molecule has 0 aliphatic heterocycles. The lowest BCUT2D eigenvalue weighted by Crippen LogP contribution is -2.08. The molecule has 3 nitrogen and oxygen atoms in total. The van der Waals surface area contributed by atoms with Crippen LogP contribution < -0.4 is 0 Å². The predicted molar refractivity (Wildman–Crippen MR) is 217 cm³/mol. The van der Waals surface area contributed by atoms with Crippen LogP contribution in [0.25, 0.3) is 88.1 Å². The summed E-state index contributed by atoms with van der Waals surface area (Å²) in [6.45, 7) is 0. The zero-order chi connectivity index (χ0) is 34.4. The molecule has 1 unspecified atom stereocenters. The quantitative estimate of drug-likeness (QED) is 0.172. The van der Waals surface area contributed by atoms with Gasteiger partial charge in [0.1, 0.15) is 5.82 Å². The third-order valence-electron chi connectivity index (χ3n) is 10.4. The van der Waals surface area contributed by atoms with Crippen molar-refractivity contribution >= 4 is 43.1 Å².